The van der Waals surface area contributed by atoms with Crippen LogP contribution in [0.2, 0.25) is 5.02 Å². The third-order valence-corrected chi connectivity index (χ3v) is 4.57. The summed E-state index contributed by atoms with van der Waals surface area (Å²) < 4.78 is 0. The Morgan fingerprint density at radius 3 is 2.55 bits per heavy atom. The molecule has 1 fully saturated rings. The molecule has 0 spiro atoms. The molecule has 0 bridgehead atoms. The molecule has 2 aromatic carbocycles. The number of nitrogens with two attached hydrogens (primary N) is 1. The molecule has 2 aromatic rings. The molecule has 0 aliphatic carbocycles. The second-order valence-corrected chi connectivity index (χ2v) is 6.36. The van der Waals surface area contributed by atoms with Crippen molar-refractivity contribution in [3.8, 4) is 0 Å². The van der Waals surface area contributed by atoms with Crippen molar-refractivity contribution in [2.24, 2.45) is 0 Å². The van der Waals surface area contributed by atoms with Gasteiger partial charge in [-0.05, 0) is 48.4 Å². The summed E-state index contributed by atoms with van der Waals surface area (Å²) in [6.45, 7) is 7.18. The molecule has 0 unspecified atom stereocenters. The number of hydrogen-bond acceptors (Lipinski definition) is 3. The van der Waals surface area contributed by atoms with Gasteiger partial charge in [0.05, 0.1) is 0 Å². The van der Waals surface area contributed by atoms with Crippen molar-refractivity contribution in [3.63, 3.8) is 0 Å². The average molecular weight is 316 g/mol. The van der Waals surface area contributed by atoms with Gasteiger partial charge in [0.2, 0.25) is 0 Å². The Balaban J connectivity index is 1.61. The summed E-state index contributed by atoms with van der Waals surface area (Å²) in [5.74, 6) is 0. The Labute approximate surface area is 137 Å². The summed E-state index contributed by atoms with van der Waals surface area (Å²) in [4.78, 5) is 4.89. The summed E-state index contributed by atoms with van der Waals surface area (Å²) >= 11 is 6.26. The van der Waals surface area contributed by atoms with Crippen LogP contribution in [0.3, 0.4) is 0 Å². The van der Waals surface area contributed by atoms with E-state index in [1.165, 1.54) is 11.3 Å². The van der Waals surface area contributed by atoms with Gasteiger partial charge in [-0.2, -0.15) is 0 Å². The van der Waals surface area contributed by atoms with Crippen LogP contribution in [0.4, 0.5) is 11.4 Å². The SMILES string of the molecule is Cc1cccc(N2CCN(Cc3cc(N)ccc3Cl)CC2)c1. The lowest BCUT2D eigenvalue weighted by atomic mass is 10.1. The van der Waals surface area contributed by atoms with Gasteiger partial charge in [0.25, 0.3) is 0 Å². The third-order valence-electron chi connectivity index (χ3n) is 4.20. The standard InChI is InChI=1S/C18H22ClN3/c1-14-3-2-4-17(11-14)22-9-7-21(8-10-22)13-15-12-16(20)5-6-18(15)19/h2-6,11-12H,7-10,13,20H2,1H3. The van der Waals surface area contributed by atoms with Crippen LogP contribution < -0.4 is 10.6 Å². The highest BCUT2D eigenvalue weighted by atomic mass is 35.5. The summed E-state index contributed by atoms with van der Waals surface area (Å²) in [6, 6.07) is 14.4. The molecule has 1 aliphatic rings. The topological polar surface area (TPSA) is 32.5 Å². The molecule has 0 atom stereocenters. The van der Waals surface area contributed by atoms with E-state index in [9.17, 15) is 0 Å². The first-order valence-corrected chi connectivity index (χ1v) is 8.07. The van der Waals surface area contributed by atoms with Gasteiger partial charge in [-0.25, -0.2) is 0 Å². The minimum Gasteiger partial charge on any atom is -0.399 e. The van der Waals surface area contributed by atoms with Crippen LogP contribution in [0.15, 0.2) is 42.5 Å². The van der Waals surface area contributed by atoms with Crippen LogP contribution in [0.25, 0.3) is 0 Å². The summed E-state index contributed by atoms with van der Waals surface area (Å²) in [6.07, 6.45) is 0. The minimum absolute atomic E-state index is 0.776. The predicted octanol–water partition coefficient (Wildman–Crippen LogP) is 3.55. The van der Waals surface area contributed by atoms with Crippen molar-refractivity contribution in [1.29, 1.82) is 0 Å². The number of nitrogens with zero attached hydrogens (tertiary/aromatic N) is 2. The molecule has 3 rings (SSSR count). The predicted molar refractivity (Wildman–Crippen MR) is 94.5 cm³/mol. The maximum Gasteiger partial charge on any atom is 0.0452 e. The van der Waals surface area contributed by atoms with Gasteiger partial charge >= 0.3 is 0 Å². The van der Waals surface area contributed by atoms with Gasteiger partial charge in [-0.1, -0.05) is 23.7 Å². The maximum atomic E-state index is 6.26. The number of aryl methyl sites for hydroxylation is 1. The van der Waals surface area contributed by atoms with Crippen LogP contribution >= 0.6 is 11.6 Å². The number of hydrogen-bond donors (Lipinski definition) is 1. The number of halogens is 1. The fraction of sp³-hybridized carbons (Fsp3) is 0.333. The Morgan fingerprint density at radius 1 is 1.05 bits per heavy atom. The zero-order valence-corrected chi connectivity index (χ0v) is 13.7. The van der Waals surface area contributed by atoms with Crippen molar-refractivity contribution in [3.05, 3.63) is 58.6 Å². The van der Waals surface area contributed by atoms with Gasteiger partial charge in [0, 0.05) is 49.1 Å². The third kappa shape index (κ3) is 3.54. The maximum absolute atomic E-state index is 6.26. The molecule has 0 saturated carbocycles. The van der Waals surface area contributed by atoms with E-state index in [1.54, 1.807) is 0 Å². The van der Waals surface area contributed by atoms with Gasteiger partial charge in [0.1, 0.15) is 0 Å². The van der Waals surface area contributed by atoms with E-state index >= 15 is 0 Å². The van der Waals surface area contributed by atoms with Crippen molar-refractivity contribution in [2.45, 2.75) is 13.5 Å². The molecular weight excluding hydrogens is 294 g/mol. The normalized spacial score (nSPS) is 16.0. The minimum atomic E-state index is 0.776. The van der Waals surface area contributed by atoms with Crippen molar-refractivity contribution in [2.75, 3.05) is 36.8 Å². The fourth-order valence-electron chi connectivity index (χ4n) is 2.95. The van der Waals surface area contributed by atoms with Crippen molar-refractivity contribution >= 4 is 23.0 Å². The first-order valence-electron chi connectivity index (χ1n) is 7.70. The van der Waals surface area contributed by atoms with E-state index in [2.05, 4.69) is 41.0 Å². The second kappa shape index (κ2) is 6.59. The average Bonchev–Trinajstić information content (AvgIpc) is 2.52. The molecule has 1 aliphatic heterocycles. The molecule has 0 aromatic heterocycles. The summed E-state index contributed by atoms with van der Waals surface area (Å²) in [7, 11) is 0. The van der Waals surface area contributed by atoms with E-state index in [0.29, 0.717) is 0 Å². The number of piperazine rings is 1. The number of benzene rings is 2. The zero-order valence-electron chi connectivity index (χ0n) is 12.9. The van der Waals surface area contributed by atoms with Gasteiger partial charge in [-0.3, -0.25) is 4.90 Å². The van der Waals surface area contributed by atoms with Gasteiger partial charge in [0.15, 0.2) is 0 Å². The highest BCUT2D eigenvalue weighted by Crippen LogP contribution is 2.22. The van der Waals surface area contributed by atoms with Crippen LogP contribution in [-0.2, 0) is 6.54 Å². The first kappa shape index (κ1) is 15.2. The van der Waals surface area contributed by atoms with Gasteiger partial charge in [-0.15, -0.1) is 0 Å². The van der Waals surface area contributed by atoms with Crippen LogP contribution in [0.5, 0.6) is 0 Å². The van der Waals surface area contributed by atoms with E-state index in [-0.39, 0.29) is 0 Å². The molecular formula is C18H22ClN3. The molecule has 3 nitrogen and oxygen atoms in total. The van der Waals surface area contributed by atoms with Crippen LogP contribution in [-0.4, -0.2) is 31.1 Å². The first-order chi connectivity index (χ1) is 10.6. The van der Waals surface area contributed by atoms with E-state index in [1.807, 2.05) is 18.2 Å². The smallest absolute Gasteiger partial charge is 0.0452 e. The number of nitrogen functional groups attached to an aromatic ring is 1. The highest BCUT2D eigenvalue weighted by Gasteiger charge is 2.18. The van der Waals surface area contributed by atoms with Crippen LogP contribution in [0, 0.1) is 6.92 Å². The molecule has 0 amide bonds. The lowest BCUT2D eigenvalue weighted by molar-refractivity contribution is 0.250. The lowest BCUT2D eigenvalue weighted by Gasteiger charge is -2.36. The molecule has 116 valence electrons. The lowest BCUT2D eigenvalue weighted by Crippen LogP contribution is -2.46. The Kier molecular flexibility index (Phi) is 4.55. The number of anilines is 2. The monoisotopic (exact) mass is 315 g/mol. The fourth-order valence-corrected chi connectivity index (χ4v) is 3.12. The largest absolute Gasteiger partial charge is 0.399 e. The second-order valence-electron chi connectivity index (χ2n) is 5.95. The Morgan fingerprint density at radius 2 is 1.82 bits per heavy atom. The Hall–Kier alpha value is -1.71. The molecule has 1 saturated heterocycles. The number of rotatable bonds is 3. The molecule has 1 heterocycles. The zero-order chi connectivity index (χ0) is 15.5. The molecule has 0 radical (unpaired) electrons. The Bertz CT molecular complexity index is 649. The molecule has 4 heteroatoms. The summed E-state index contributed by atoms with van der Waals surface area (Å²) in [5, 5.41) is 0.801. The van der Waals surface area contributed by atoms with E-state index in [4.69, 9.17) is 17.3 Å². The molecule has 2 N–H and O–H groups in total. The molecule has 22 heavy (non-hydrogen) atoms. The van der Waals surface area contributed by atoms with E-state index in [0.717, 1.165) is 49.0 Å². The van der Waals surface area contributed by atoms with Crippen molar-refractivity contribution < 1.29 is 0 Å². The van der Waals surface area contributed by atoms with Crippen LogP contribution in [0.1, 0.15) is 11.1 Å². The van der Waals surface area contributed by atoms with E-state index < -0.39 is 0 Å². The quantitative estimate of drug-likeness (QED) is 0.879. The summed E-state index contributed by atoms with van der Waals surface area (Å²) in [5.41, 5.74) is 10.4. The van der Waals surface area contributed by atoms with Gasteiger partial charge < -0.3 is 10.6 Å². The van der Waals surface area contributed by atoms with Crippen molar-refractivity contribution in [1.82, 2.24) is 4.90 Å². The highest BCUT2D eigenvalue weighted by molar-refractivity contribution is 6.31.